The van der Waals surface area contributed by atoms with Gasteiger partial charge in [0.2, 0.25) is 5.91 Å². The van der Waals surface area contributed by atoms with E-state index in [9.17, 15) is 9.59 Å². The van der Waals surface area contributed by atoms with E-state index in [-0.39, 0.29) is 36.4 Å². The Morgan fingerprint density at radius 1 is 1.00 bits per heavy atom. The van der Waals surface area contributed by atoms with Gasteiger partial charge in [0.05, 0.1) is 0 Å². The average Bonchev–Trinajstić information content (AvgIpc) is 2.70. The van der Waals surface area contributed by atoms with Crippen LogP contribution in [0.4, 0.5) is 0 Å². The summed E-state index contributed by atoms with van der Waals surface area (Å²) in [5.41, 5.74) is 1.78. The lowest BCUT2D eigenvalue weighted by Crippen LogP contribution is -2.50. The number of carbonyl (C=O) groups is 2. The predicted molar refractivity (Wildman–Crippen MR) is 130 cm³/mol. The summed E-state index contributed by atoms with van der Waals surface area (Å²) in [5.74, 6) is -0.0142. The summed E-state index contributed by atoms with van der Waals surface area (Å²) in [6.07, 6.45) is 0. The Hall–Kier alpha value is -2.24. The molecule has 2 amide bonds. The van der Waals surface area contributed by atoms with Gasteiger partial charge in [-0.3, -0.25) is 9.59 Å². The van der Waals surface area contributed by atoms with Crippen LogP contribution in [0, 0.1) is 0 Å². The van der Waals surface area contributed by atoms with Crippen molar-refractivity contribution in [3.63, 3.8) is 0 Å². The highest BCUT2D eigenvalue weighted by Crippen LogP contribution is 2.27. The zero-order chi connectivity index (χ0) is 24.1. The van der Waals surface area contributed by atoms with E-state index in [0.29, 0.717) is 21.4 Å². The van der Waals surface area contributed by atoms with E-state index in [0.717, 1.165) is 0 Å². The van der Waals surface area contributed by atoms with Gasteiger partial charge >= 0.3 is 0 Å². The molecule has 1 atom stereocenters. The van der Waals surface area contributed by atoms with Crippen LogP contribution >= 0.6 is 23.2 Å². The van der Waals surface area contributed by atoms with E-state index in [1.807, 2.05) is 38.1 Å². The number of halogens is 2. The van der Waals surface area contributed by atoms with Gasteiger partial charge in [-0.2, -0.15) is 0 Å². The molecule has 7 heteroatoms. The van der Waals surface area contributed by atoms with Gasteiger partial charge in [-0.1, -0.05) is 62.2 Å². The normalized spacial score (nSPS) is 12.4. The molecule has 0 radical (unpaired) electrons. The minimum absolute atomic E-state index is 0.0264. The Labute approximate surface area is 201 Å². The van der Waals surface area contributed by atoms with Crippen molar-refractivity contribution >= 4 is 35.0 Å². The lowest BCUT2D eigenvalue weighted by Gasteiger charge is -2.30. The van der Waals surface area contributed by atoms with E-state index < -0.39 is 6.04 Å². The van der Waals surface area contributed by atoms with Crippen molar-refractivity contribution in [1.29, 1.82) is 0 Å². The summed E-state index contributed by atoms with van der Waals surface area (Å²) in [6, 6.07) is 12.0. The molecule has 174 valence electrons. The molecule has 2 rings (SSSR count). The molecule has 1 N–H and O–H groups in total. The number of benzene rings is 2. The molecule has 0 aliphatic rings. The Morgan fingerprint density at radius 3 is 2.06 bits per heavy atom. The third-order valence-electron chi connectivity index (χ3n) is 5.07. The van der Waals surface area contributed by atoms with Crippen LogP contribution in [0.2, 0.25) is 10.0 Å². The number of nitrogens with zero attached hydrogens (tertiary/aromatic N) is 1. The molecule has 0 fully saturated rings. The molecule has 0 aliphatic heterocycles. The minimum atomic E-state index is -0.732. The molecule has 0 aliphatic carbocycles. The van der Waals surface area contributed by atoms with Crippen LogP contribution in [0.1, 0.15) is 52.7 Å². The van der Waals surface area contributed by atoms with E-state index in [2.05, 4.69) is 26.1 Å². The molecule has 0 heterocycles. The second kappa shape index (κ2) is 11.1. The number of hydrogen-bond acceptors (Lipinski definition) is 3. The number of ether oxygens (including phenoxy) is 1. The fraction of sp³-hybridized carbons (Fsp3) is 0.440. The fourth-order valence-corrected chi connectivity index (χ4v) is 3.64. The molecule has 0 aromatic heterocycles. The van der Waals surface area contributed by atoms with Crippen LogP contribution in [0.3, 0.4) is 0 Å². The van der Waals surface area contributed by atoms with Gasteiger partial charge in [-0.05, 0) is 56.0 Å². The van der Waals surface area contributed by atoms with Crippen LogP contribution in [-0.4, -0.2) is 35.4 Å². The van der Waals surface area contributed by atoms with Crippen LogP contribution in [-0.2, 0) is 21.5 Å². The highest BCUT2D eigenvalue weighted by atomic mass is 35.5. The maximum absolute atomic E-state index is 13.1. The number of amides is 2. The van der Waals surface area contributed by atoms with Gasteiger partial charge in [0.15, 0.2) is 6.61 Å². The van der Waals surface area contributed by atoms with Crippen molar-refractivity contribution in [2.75, 3.05) is 6.61 Å². The topological polar surface area (TPSA) is 58.6 Å². The van der Waals surface area contributed by atoms with Gasteiger partial charge in [0.1, 0.15) is 11.8 Å². The zero-order valence-electron chi connectivity index (χ0n) is 19.5. The molecule has 5 nitrogen and oxygen atoms in total. The lowest BCUT2D eigenvalue weighted by molar-refractivity contribution is -0.142. The smallest absolute Gasteiger partial charge is 0.261 e. The molecule has 32 heavy (non-hydrogen) atoms. The maximum atomic E-state index is 13.1. The summed E-state index contributed by atoms with van der Waals surface area (Å²) >= 11 is 12.6. The van der Waals surface area contributed by atoms with Crippen molar-refractivity contribution < 1.29 is 14.3 Å². The monoisotopic (exact) mass is 478 g/mol. The van der Waals surface area contributed by atoms with Crippen LogP contribution < -0.4 is 10.1 Å². The van der Waals surface area contributed by atoms with Crippen molar-refractivity contribution in [2.24, 2.45) is 0 Å². The van der Waals surface area contributed by atoms with E-state index in [4.69, 9.17) is 27.9 Å². The van der Waals surface area contributed by atoms with Gasteiger partial charge in [-0.15, -0.1) is 0 Å². The zero-order valence-corrected chi connectivity index (χ0v) is 21.1. The van der Waals surface area contributed by atoms with Gasteiger partial charge in [0, 0.05) is 28.2 Å². The number of rotatable bonds is 8. The van der Waals surface area contributed by atoms with Crippen molar-refractivity contribution in [2.45, 2.75) is 65.6 Å². The second-order valence-corrected chi connectivity index (χ2v) is 9.94. The number of carbonyl (C=O) groups excluding carboxylic acids is 2. The van der Waals surface area contributed by atoms with Crippen molar-refractivity contribution in [1.82, 2.24) is 10.2 Å². The quantitative estimate of drug-likeness (QED) is 0.535. The maximum Gasteiger partial charge on any atom is 0.261 e. The number of nitrogens with one attached hydrogen (secondary N) is 1. The third kappa shape index (κ3) is 7.14. The summed E-state index contributed by atoms with van der Waals surface area (Å²) in [4.78, 5) is 27.2. The molecule has 0 bridgehead atoms. The van der Waals surface area contributed by atoms with E-state index >= 15 is 0 Å². The van der Waals surface area contributed by atoms with Gasteiger partial charge < -0.3 is 15.0 Å². The molecular formula is C25H32Cl2N2O3. The first-order valence-electron chi connectivity index (χ1n) is 10.7. The molecule has 0 unspecified atom stereocenters. The standard InChI is InChI=1S/C25H32Cl2N2O3/c1-16(2)28-24(31)17(3)29(14-20-21(26)8-7-9-22(20)27)23(30)15-32-19-12-10-18(11-13-19)25(4,5)6/h7-13,16-17H,14-15H2,1-6H3,(H,28,31)/t17-/m1/s1. The summed E-state index contributed by atoms with van der Waals surface area (Å²) in [7, 11) is 0. The first-order valence-corrected chi connectivity index (χ1v) is 11.4. The molecule has 2 aromatic rings. The summed E-state index contributed by atoms with van der Waals surface area (Å²) in [5, 5.41) is 3.72. The fourth-order valence-electron chi connectivity index (χ4n) is 3.12. The van der Waals surface area contributed by atoms with Crippen molar-refractivity contribution in [3.05, 3.63) is 63.6 Å². The van der Waals surface area contributed by atoms with Crippen LogP contribution in [0.25, 0.3) is 0 Å². The molecule has 2 aromatic carbocycles. The third-order valence-corrected chi connectivity index (χ3v) is 5.78. The predicted octanol–water partition coefficient (Wildman–Crippen LogP) is 5.61. The second-order valence-electron chi connectivity index (χ2n) is 9.12. The highest BCUT2D eigenvalue weighted by Gasteiger charge is 2.28. The van der Waals surface area contributed by atoms with Crippen LogP contribution in [0.5, 0.6) is 5.75 Å². The van der Waals surface area contributed by atoms with E-state index in [1.54, 1.807) is 25.1 Å². The highest BCUT2D eigenvalue weighted by molar-refractivity contribution is 6.36. The van der Waals surface area contributed by atoms with Gasteiger partial charge in [-0.25, -0.2) is 0 Å². The summed E-state index contributed by atoms with van der Waals surface area (Å²) < 4.78 is 5.74. The van der Waals surface area contributed by atoms with E-state index in [1.165, 1.54) is 10.5 Å². The molecule has 0 saturated heterocycles. The Bertz CT molecular complexity index is 917. The lowest BCUT2D eigenvalue weighted by atomic mass is 9.87. The first-order chi connectivity index (χ1) is 14.9. The largest absolute Gasteiger partial charge is 0.484 e. The Balaban J connectivity index is 2.20. The average molecular weight is 479 g/mol. The minimum Gasteiger partial charge on any atom is -0.484 e. The SMILES string of the molecule is CC(C)NC(=O)[C@@H](C)N(Cc1c(Cl)cccc1Cl)C(=O)COc1ccc(C(C)(C)C)cc1. The Morgan fingerprint density at radius 2 is 1.56 bits per heavy atom. The molecular weight excluding hydrogens is 447 g/mol. The number of hydrogen-bond donors (Lipinski definition) is 1. The molecule has 0 spiro atoms. The van der Waals surface area contributed by atoms with Gasteiger partial charge in [0.25, 0.3) is 5.91 Å². The summed E-state index contributed by atoms with van der Waals surface area (Å²) in [6.45, 7) is 11.7. The Kier molecular flexibility index (Phi) is 8.99. The van der Waals surface area contributed by atoms with Crippen LogP contribution in [0.15, 0.2) is 42.5 Å². The molecule has 0 saturated carbocycles. The van der Waals surface area contributed by atoms with Crippen molar-refractivity contribution in [3.8, 4) is 5.75 Å². The first kappa shape index (κ1) is 26.0.